The average Bonchev–Trinajstić information content (AvgIpc) is 3.77. The molecule has 0 spiro atoms. The fraction of sp³-hybridized carbons (Fsp3) is 0.741. The number of nitrogens with one attached hydrogen (secondary N) is 1. The van der Waals surface area contributed by atoms with Gasteiger partial charge in [0.25, 0.3) is 0 Å². The number of tetrazole rings is 1. The van der Waals surface area contributed by atoms with Gasteiger partial charge in [0.15, 0.2) is 5.78 Å². The molecular formula is C27H38N8O7S. The van der Waals surface area contributed by atoms with Gasteiger partial charge >= 0.3 is 5.97 Å². The van der Waals surface area contributed by atoms with E-state index in [2.05, 4.69) is 20.8 Å². The van der Waals surface area contributed by atoms with Gasteiger partial charge in [0.2, 0.25) is 11.8 Å². The van der Waals surface area contributed by atoms with Crippen LogP contribution in [0.15, 0.2) is 16.9 Å². The Labute approximate surface area is 252 Å². The van der Waals surface area contributed by atoms with Crippen molar-refractivity contribution in [2.24, 2.45) is 34.8 Å². The highest BCUT2D eigenvalue weighted by atomic mass is 32.2. The fourth-order valence-corrected chi connectivity index (χ4v) is 9.58. The van der Waals surface area contributed by atoms with E-state index in [0.29, 0.717) is 37.4 Å². The lowest BCUT2D eigenvalue weighted by atomic mass is 9.73. The molecule has 6 N–H and O–H groups in total. The van der Waals surface area contributed by atoms with Crippen LogP contribution in [0.5, 0.6) is 0 Å². The van der Waals surface area contributed by atoms with E-state index < -0.39 is 35.5 Å². The minimum atomic E-state index is -1.17. The van der Waals surface area contributed by atoms with E-state index in [4.69, 9.17) is 5.73 Å². The minimum absolute atomic E-state index is 0.00364. The number of carbonyl (C=O) groups is 4. The van der Waals surface area contributed by atoms with Gasteiger partial charge in [-0.05, 0) is 29.2 Å². The standard InChI is InChI=1S/C27H38N8O7S/c1-12(3-14(37)7-34-11-30-31-32-34)19-20-13(2)23(21(26(41)42)35(20)25(19)40)43-15-4-18(29-6-15)24(39)33-8-16-22(38)17(28)5-27(16,9-33)10-36/h11-13,15-20,22,29,36,38H,3-10,28H2,1-2H3,(H,41,42)/t12-,13+,15-,16?,17?,18-,19+,20+,22?,27?/m0/s1. The van der Waals surface area contributed by atoms with Crippen molar-refractivity contribution in [3.63, 3.8) is 0 Å². The first kappa shape index (κ1) is 30.1. The zero-order chi connectivity index (χ0) is 30.8. The molecule has 0 aromatic carbocycles. The number of aliphatic carboxylic acids is 1. The highest BCUT2D eigenvalue weighted by Gasteiger charge is 2.61. The Morgan fingerprint density at radius 2 is 2.09 bits per heavy atom. The predicted octanol–water partition coefficient (Wildman–Crippen LogP) is -1.97. The number of hydrogen-bond acceptors (Lipinski definition) is 12. The molecule has 0 bridgehead atoms. The molecule has 0 radical (unpaired) electrons. The minimum Gasteiger partial charge on any atom is -0.477 e. The number of hydrogen-bond donors (Lipinski definition) is 5. The summed E-state index contributed by atoms with van der Waals surface area (Å²) in [6.07, 6.45) is 1.67. The number of fused-ring (bicyclic) bond motifs is 2. The summed E-state index contributed by atoms with van der Waals surface area (Å²) in [6.45, 7) is 4.79. The molecule has 5 heterocycles. The molecule has 4 aliphatic heterocycles. The quantitative estimate of drug-likeness (QED) is 0.180. The van der Waals surface area contributed by atoms with Crippen LogP contribution in [0.1, 0.15) is 33.1 Å². The number of β-lactam (4-membered cyclic amide) rings is 1. The molecule has 43 heavy (non-hydrogen) atoms. The van der Waals surface area contributed by atoms with Gasteiger partial charge in [-0.2, -0.15) is 0 Å². The Hall–Kier alpha value is -2.92. The lowest BCUT2D eigenvalue weighted by Crippen LogP contribution is -2.62. The molecule has 6 rings (SSSR count). The van der Waals surface area contributed by atoms with Gasteiger partial charge < -0.3 is 36.2 Å². The maximum atomic E-state index is 13.5. The third-order valence-corrected chi connectivity index (χ3v) is 11.7. The SMILES string of the molecule is C[C@@H](CC(=O)Cn1cnnn1)[C@H]1C(=O)N2C(C(=O)O)=C(S[C@@H]3CN[C@H](C(=O)N4CC5C(O)C(N)CC5(CO)C4)C3)[C@H](C)[C@H]12. The second kappa shape index (κ2) is 11.2. The first-order chi connectivity index (χ1) is 20.5. The van der Waals surface area contributed by atoms with Crippen molar-refractivity contribution < 1.29 is 34.5 Å². The number of ketones is 1. The van der Waals surface area contributed by atoms with Crippen molar-refractivity contribution in [2.75, 3.05) is 26.2 Å². The molecule has 5 aliphatic rings. The van der Waals surface area contributed by atoms with E-state index in [-0.39, 0.29) is 71.9 Å². The Balaban J connectivity index is 1.09. The molecule has 4 unspecified atom stereocenters. The van der Waals surface area contributed by atoms with Crippen molar-refractivity contribution >= 4 is 35.3 Å². The Kier molecular flexibility index (Phi) is 7.86. The maximum Gasteiger partial charge on any atom is 0.353 e. The number of nitrogens with two attached hydrogens (primary N) is 1. The van der Waals surface area contributed by atoms with Gasteiger partial charge in [0, 0.05) is 59.5 Å². The van der Waals surface area contributed by atoms with E-state index in [1.165, 1.54) is 27.7 Å². The number of rotatable bonds is 10. The summed E-state index contributed by atoms with van der Waals surface area (Å²) < 4.78 is 1.33. The highest BCUT2D eigenvalue weighted by Crippen LogP contribution is 2.53. The summed E-state index contributed by atoms with van der Waals surface area (Å²) >= 11 is 1.41. The van der Waals surface area contributed by atoms with Crippen molar-refractivity contribution in [1.82, 2.24) is 35.3 Å². The lowest BCUT2D eigenvalue weighted by Gasteiger charge is -2.47. The van der Waals surface area contributed by atoms with E-state index in [1.54, 1.807) is 4.90 Å². The summed E-state index contributed by atoms with van der Waals surface area (Å²) in [5.74, 6) is -2.94. The zero-order valence-electron chi connectivity index (χ0n) is 24.1. The van der Waals surface area contributed by atoms with Crippen LogP contribution in [0.25, 0.3) is 0 Å². The first-order valence-electron chi connectivity index (χ1n) is 14.7. The largest absolute Gasteiger partial charge is 0.477 e. The molecule has 2 amide bonds. The monoisotopic (exact) mass is 618 g/mol. The smallest absolute Gasteiger partial charge is 0.353 e. The van der Waals surface area contributed by atoms with Crippen LogP contribution in [-0.4, -0.2) is 125 Å². The molecule has 10 atom stereocenters. The number of amides is 2. The van der Waals surface area contributed by atoms with Gasteiger partial charge in [0.05, 0.1) is 30.7 Å². The molecule has 234 valence electrons. The summed E-state index contributed by atoms with van der Waals surface area (Å²) in [6, 6.07) is -1.23. The van der Waals surface area contributed by atoms with E-state index in [1.807, 2.05) is 13.8 Å². The summed E-state index contributed by atoms with van der Waals surface area (Å²) in [4.78, 5) is 55.4. The molecule has 1 aromatic rings. The number of aliphatic hydroxyl groups is 2. The Bertz CT molecular complexity index is 1340. The Morgan fingerprint density at radius 3 is 2.74 bits per heavy atom. The third-order valence-electron chi connectivity index (χ3n) is 10.2. The summed E-state index contributed by atoms with van der Waals surface area (Å²) in [5, 5.41) is 44.7. The number of likely N-dealkylation sites (tertiary alicyclic amines) is 1. The fourth-order valence-electron chi connectivity index (χ4n) is 8.10. The molecule has 1 saturated carbocycles. The number of thioether (sulfide) groups is 1. The van der Waals surface area contributed by atoms with Crippen LogP contribution < -0.4 is 11.1 Å². The number of carbonyl (C=O) groups excluding carboxylic acids is 3. The number of carboxylic acid groups (broad SMARTS) is 1. The molecular weight excluding hydrogens is 580 g/mol. The molecule has 4 fully saturated rings. The van der Waals surface area contributed by atoms with Crippen LogP contribution in [0.3, 0.4) is 0 Å². The lowest BCUT2D eigenvalue weighted by molar-refractivity contribution is -0.160. The van der Waals surface area contributed by atoms with Crippen LogP contribution in [0.2, 0.25) is 0 Å². The second-order valence-electron chi connectivity index (χ2n) is 12.9. The number of aromatic nitrogens is 4. The second-order valence-corrected chi connectivity index (χ2v) is 14.2. The molecule has 16 heteroatoms. The number of Topliss-reactive ketones (excluding diaryl/α,β-unsaturated/α-hetero) is 1. The van der Waals surface area contributed by atoms with Crippen molar-refractivity contribution in [3.8, 4) is 0 Å². The van der Waals surface area contributed by atoms with E-state index in [0.717, 1.165) is 0 Å². The van der Waals surface area contributed by atoms with E-state index in [9.17, 15) is 34.5 Å². The van der Waals surface area contributed by atoms with Crippen LogP contribution in [0, 0.1) is 29.1 Å². The van der Waals surface area contributed by atoms with Gasteiger partial charge in [0.1, 0.15) is 18.6 Å². The Morgan fingerprint density at radius 1 is 1.33 bits per heavy atom. The van der Waals surface area contributed by atoms with Crippen LogP contribution in [-0.2, 0) is 25.7 Å². The van der Waals surface area contributed by atoms with Gasteiger partial charge in [-0.1, -0.05) is 13.8 Å². The number of nitrogens with zero attached hydrogens (tertiary/aromatic N) is 6. The number of carboxylic acids is 1. The molecule has 1 aromatic heterocycles. The van der Waals surface area contributed by atoms with Gasteiger partial charge in [-0.3, -0.25) is 14.4 Å². The number of aliphatic hydroxyl groups excluding tert-OH is 2. The van der Waals surface area contributed by atoms with Crippen molar-refractivity contribution in [3.05, 3.63) is 16.9 Å². The molecule has 3 saturated heterocycles. The topological polar surface area (TPSA) is 217 Å². The van der Waals surface area contributed by atoms with Crippen molar-refractivity contribution in [2.45, 2.75) is 69.1 Å². The first-order valence-corrected chi connectivity index (χ1v) is 15.6. The highest BCUT2D eigenvalue weighted by molar-refractivity contribution is 8.03. The third kappa shape index (κ3) is 4.96. The van der Waals surface area contributed by atoms with Crippen LogP contribution >= 0.6 is 11.8 Å². The van der Waals surface area contributed by atoms with Crippen molar-refractivity contribution in [1.29, 1.82) is 0 Å². The normalized spacial score (nSPS) is 37.5. The van der Waals surface area contributed by atoms with Crippen LogP contribution in [0.4, 0.5) is 0 Å². The predicted molar refractivity (Wildman–Crippen MR) is 151 cm³/mol. The summed E-state index contributed by atoms with van der Waals surface area (Å²) in [5.41, 5.74) is 5.45. The maximum absolute atomic E-state index is 13.5. The zero-order valence-corrected chi connectivity index (χ0v) is 24.9. The van der Waals surface area contributed by atoms with Gasteiger partial charge in [-0.25, -0.2) is 9.48 Å². The molecule has 15 nitrogen and oxygen atoms in total. The average molecular weight is 619 g/mol. The van der Waals surface area contributed by atoms with E-state index >= 15 is 0 Å². The summed E-state index contributed by atoms with van der Waals surface area (Å²) in [7, 11) is 0. The van der Waals surface area contributed by atoms with Gasteiger partial charge in [-0.15, -0.1) is 16.9 Å². The molecule has 1 aliphatic carbocycles.